The van der Waals surface area contributed by atoms with Gasteiger partial charge in [-0.15, -0.1) is 0 Å². The number of rotatable bonds is 4. The average Bonchev–Trinajstić information content (AvgIpc) is 2.89. The van der Waals surface area contributed by atoms with E-state index in [0.717, 1.165) is 42.3 Å². The van der Waals surface area contributed by atoms with Crippen LogP contribution < -0.4 is 5.73 Å². The van der Waals surface area contributed by atoms with Crippen LogP contribution in [0.4, 0.5) is 5.69 Å². The number of nitrogens with two attached hydrogens (primary N) is 1. The molecule has 2 aromatic rings. The zero-order valence-corrected chi connectivity index (χ0v) is 12.1. The van der Waals surface area contributed by atoms with E-state index in [0.29, 0.717) is 0 Å². The van der Waals surface area contributed by atoms with E-state index in [4.69, 9.17) is 10.2 Å². The first-order chi connectivity index (χ1) is 9.76. The third-order valence-electron chi connectivity index (χ3n) is 3.97. The van der Waals surface area contributed by atoms with Crippen LogP contribution in [0, 0.1) is 0 Å². The Kier molecular flexibility index (Phi) is 3.79. The Labute approximate surface area is 120 Å². The third kappa shape index (κ3) is 2.73. The molecule has 3 nitrogen and oxygen atoms in total. The van der Waals surface area contributed by atoms with E-state index in [1.165, 1.54) is 24.9 Å². The summed E-state index contributed by atoms with van der Waals surface area (Å²) in [6.07, 6.45) is 3.55. The van der Waals surface area contributed by atoms with Crippen molar-refractivity contribution in [3.05, 3.63) is 41.7 Å². The molecule has 3 rings (SSSR count). The fraction of sp³-hybridized carbons (Fsp3) is 0.412. The van der Waals surface area contributed by atoms with E-state index in [9.17, 15) is 0 Å². The highest BCUT2D eigenvalue weighted by Gasteiger charge is 2.20. The zero-order valence-electron chi connectivity index (χ0n) is 12.1. The van der Waals surface area contributed by atoms with Crippen molar-refractivity contribution in [2.45, 2.75) is 32.7 Å². The fourth-order valence-electron chi connectivity index (χ4n) is 2.75. The van der Waals surface area contributed by atoms with Crippen molar-refractivity contribution in [3.63, 3.8) is 0 Å². The second kappa shape index (κ2) is 5.71. The van der Waals surface area contributed by atoms with E-state index < -0.39 is 0 Å². The lowest BCUT2D eigenvalue weighted by atomic mass is 10.1. The molecule has 0 fully saturated rings. The number of hydrogen-bond donors (Lipinski definition) is 1. The minimum atomic E-state index is 0.788. The number of anilines is 1. The minimum Gasteiger partial charge on any atom is -0.461 e. The van der Waals surface area contributed by atoms with E-state index in [1.54, 1.807) is 0 Å². The van der Waals surface area contributed by atoms with Crippen LogP contribution >= 0.6 is 0 Å². The summed E-state index contributed by atoms with van der Waals surface area (Å²) in [5.41, 5.74) is 8.97. The average molecular weight is 270 g/mol. The Bertz CT molecular complexity index is 571. The summed E-state index contributed by atoms with van der Waals surface area (Å²) >= 11 is 0. The largest absolute Gasteiger partial charge is 0.461 e. The Morgan fingerprint density at radius 1 is 1.25 bits per heavy atom. The maximum atomic E-state index is 6.02. The van der Waals surface area contributed by atoms with Gasteiger partial charge in [-0.3, -0.25) is 4.90 Å². The second-order valence-electron chi connectivity index (χ2n) is 5.56. The van der Waals surface area contributed by atoms with Crippen molar-refractivity contribution in [1.29, 1.82) is 0 Å². The van der Waals surface area contributed by atoms with Gasteiger partial charge in [-0.2, -0.15) is 0 Å². The molecule has 3 heteroatoms. The van der Waals surface area contributed by atoms with Gasteiger partial charge in [0.1, 0.15) is 11.5 Å². The molecular weight excluding hydrogens is 248 g/mol. The molecule has 2 heterocycles. The molecule has 0 unspecified atom stereocenters. The number of nitrogen functional groups attached to an aromatic ring is 1. The molecule has 0 radical (unpaired) electrons. The Morgan fingerprint density at radius 2 is 2.05 bits per heavy atom. The van der Waals surface area contributed by atoms with Gasteiger partial charge in [-0.1, -0.05) is 13.3 Å². The lowest BCUT2D eigenvalue weighted by Crippen LogP contribution is -2.30. The van der Waals surface area contributed by atoms with Crippen molar-refractivity contribution < 1.29 is 4.42 Å². The molecule has 0 saturated carbocycles. The van der Waals surface area contributed by atoms with Crippen molar-refractivity contribution in [2.75, 3.05) is 18.8 Å². The lowest BCUT2D eigenvalue weighted by Gasteiger charge is -2.25. The van der Waals surface area contributed by atoms with Crippen LogP contribution in [-0.2, 0) is 13.0 Å². The maximum Gasteiger partial charge on any atom is 0.134 e. The highest BCUT2D eigenvalue weighted by Crippen LogP contribution is 2.30. The Balaban J connectivity index is 1.78. The van der Waals surface area contributed by atoms with Crippen LogP contribution in [0.3, 0.4) is 0 Å². The molecule has 1 aliphatic heterocycles. The van der Waals surface area contributed by atoms with Crippen LogP contribution in [0.15, 0.2) is 34.7 Å². The summed E-state index contributed by atoms with van der Waals surface area (Å²) in [6.45, 7) is 5.57. The molecule has 0 saturated heterocycles. The van der Waals surface area contributed by atoms with Crippen LogP contribution in [-0.4, -0.2) is 18.0 Å². The zero-order chi connectivity index (χ0) is 13.9. The minimum absolute atomic E-state index is 0.788. The van der Waals surface area contributed by atoms with E-state index in [-0.39, 0.29) is 0 Å². The molecule has 106 valence electrons. The molecule has 1 aliphatic rings. The number of benzene rings is 1. The van der Waals surface area contributed by atoms with Gasteiger partial charge in [0, 0.05) is 36.3 Å². The van der Waals surface area contributed by atoms with Gasteiger partial charge in [0.05, 0.1) is 0 Å². The SMILES string of the molecule is CCCCN1CCc2oc(-c3ccc(N)cc3)cc2C1. The van der Waals surface area contributed by atoms with Crippen molar-refractivity contribution >= 4 is 5.69 Å². The Morgan fingerprint density at radius 3 is 2.80 bits per heavy atom. The summed E-state index contributed by atoms with van der Waals surface area (Å²) in [6, 6.07) is 10.1. The summed E-state index contributed by atoms with van der Waals surface area (Å²) < 4.78 is 6.02. The van der Waals surface area contributed by atoms with Gasteiger partial charge in [0.2, 0.25) is 0 Å². The van der Waals surface area contributed by atoms with Gasteiger partial charge in [-0.05, 0) is 43.3 Å². The molecule has 20 heavy (non-hydrogen) atoms. The van der Waals surface area contributed by atoms with Crippen LogP contribution in [0.25, 0.3) is 11.3 Å². The molecule has 0 bridgehead atoms. The number of unbranched alkanes of at least 4 members (excludes halogenated alkanes) is 1. The maximum absolute atomic E-state index is 6.02. The molecule has 0 atom stereocenters. The van der Waals surface area contributed by atoms with Crippen LogP contribution in [0.1, 0.15) is 31.1 Å². The number of fused-ring (bicyclic) bond motifs is 1. The van der Waals surface area contributed by atoms with Crippen molar-refractivity contribution in [2.24, 2.45) is 0 Å². The predicted octanol–water partition coefficient (Wildman–Crippen LogP) is 3.69. The number of furan rings is 1. The topological polar surface area (TPSA) is 42.4 Å². The second-order valence-corrected chi connectivity index (χ2v) is 5.56. The molecular formula is C17H22N2O. The highest BCUT2D eigenvalue weighted by molar-refractivity contribution is 5.61. The van der Waals surface area contributed by atoms with Crippen molar-refractivity contribution in [1.82, 2.24) is 4.90 Å². The quantitative estimate of drug-likeness (QED) is 0.862. The molecule has 1 aromatic heterocycles. The summed E-state index contributed by atoms with van der Waals surface area (Å²) in [4.78, 5) is 2.52. The van der Waals surface area contributed by atoms with E-state index >= 15 is 0 Å². The molecule has 1 aromatic carbocycles. The monoisotopic (exact) mass is 270 g/mol. The van der Waals surface area contributed by atoms with Gasteiger partial charge < -0.3 is 10.2 Å². The highest BCUT2D eigenvalue weighted by atomic mass is 16.3. The first kappa shape index (κ1) is 13.3. The normalized spacial score (nSPS) is 15.2. The summed E-state index contributed by atoms with van der Waals surface area (Å²) in [5.74, 6) is 2.12. The molecule has 0 aliphatic carbocycles. The molecule has 2 N–H and O–H groups in total. The van der Waals surface area contributed by atoms with Gasteiger partial charge in [0.15, 0.2) is 0 Å². The van der Waals surface area contributed by atoms with Gasteiger partial charge in [-0.25, -0.2) is 0 Å². The van der Waals surface area contributed by atoms with Crippen LogP contribution in [0.5, 0.6) is 0 Å². The number of hydrogen-bond acceptors (Lipinski definition) is 3. The molecule has 0 spiro atoms. The summed E-state index contributed by atoms with van der Waals surface area (Å²) in [7, 11) is 0. The fourth-order valence-corrected chi connectivity index (χ4v) is 2.75. The smallest absolute Gasteiger partial charge is 0.134 e. The first-order valence-corrected chi connectivity index (χ1v) is 7.46. The van der Waals surface area contributed by atoms with Crippen molar-refractivity contribution in [3.8, 4) is 11.3 Å². The van der Waals surface area contributed by atoms with Gasteiger partial charge >= 0.3 is 0 Å². The summed E-state index contributed by atoms with van der Waals surface area (Å²) in [5, 5.41) is 0. The molecule has 0 amide bonds. The van der Waals surface area contributed by atoms with E-state index in [1.807, 2.05) is 24.3 Å². The third-order valence-corrected chi connectivity index (χ3v) is 3.97. The lowest BCUT2D eigenvalue weighted by molar-refractivity contribution is 0.239. The first-order valence-electron chi connectivity index (χ1n) is 7.46. The van der Waals surface area contributed by atoms with Crippen LogP contribution in [0.2, 0.25) is 0 Å². The predicted molar refractivity (Wildman–Crippen MR) is 82.4 cm³/mol. The van der Waals surface area contributed by atoms with Gasteiger partial charge in [0.25, 0.3) is 0 Å². The van der Waals surface area contributed by atoms with E-state index in [2.05, 4.69) is 17.9 Å². The Hall–Kier alpha value is -1.74. The standard InChI is InChI=1S/C17H22N2O/c1-2-3-9-19-10-8-16-14(12-19)11-17(20-16)13-4-6-15(18)7-5-13/h4-7,11H,2-3,8-10,12,18H2,1H3. The number of nitrogens with zero attached hydrogens (tertiary/aromatic N) is 1.